The second kappa shape index (κ2) is 6.20. The number of hydrogen-bond acceptors (Lipinski definition) is 2. The number of carbonyl (C=O) groups is 1. The molecule has 0 saturated carbocycles. The van der Waals surface area contributed by atoms with Gasteiger partial charge in [-0.05, 0) is 26.0 Å². The lowest BCUT2D eigenvalue weighted by atomic mass is 10.2. The Balaban J connectivity index is 0.000000424. The van der Waals surface area contributed by atoms with Gasteiger partial charge in [-0.3, -0.25) is 0 Å². The van der Waals surface area contributed by atoms with Crippen molar-refractivity contribution >= 4 is 5.97 Å². The first-order valence-corrected chi connectivity index (χ1v) is 4.02. The zero-order chi connectivity index (χ0) is 10.3. The second-order valence-corrected chi connectivity index (χ2v) is 2.49. The Labute approximate surface area is 77.6 Å². The molecule has 72 valence electrons. The summed E-state index contributed by atoms with van der Waals surface area (Å²) in [5.74, 6) is -0.875. The molecular weight excluding hydrogens is 168 g/mol. The molecule has 1 aromatic carbocycles. The van der Waals surface area contributed by atoms with Crippen molar-refractivity contribution in [2.24, 2.45) is 0 Å². The highest BCUT2D eigenvalue weighted by molar-refractivity contribution is 5.87. The van der Waals surface area contributed by atoms with Crippen molar-refractivity contribution in [1.82, 2.24) is 0 Å². The number of benzene rings is 1. The van der Waals surface area contributed by atoms with Gasteiger partial charge in [0.15, 0.2) is 0 Å². The monoisotopic (exact) mass is 182 g/mol. The first-order chi connectivity index (χ1) is 6.11. The van der Waals surface area contributed by atoms with Gasteiger partial charge in [0.2, 0.25) is 0 Å². The van der Waals surface area contributed by atoms with E-state index in [1.807, 2.05) is 6.92 Å². The minimum atomic E-state index is -0.875. The summed E-state index contributed by atoms with van der Waals surface area (Å²) in [6.07, 6.45) is 0. The number of carboxylic acid groups (broad SMARTS) is 1. The lowest BCUT2D eigenvalue weighted by Gasteiger charge is -1.92. The first-order valence-electron chi connectivity index (χ1n) is 4.02. The molecule has 0 aliphatic heterocycles. The minimum Gasteiger partial charge on any atom is -0.478 e. The van der Waals surface area contributed by atoms with Gasteiger partial charge in [-0.25, -0.2) is 4.79 Å². The van der Waals surface area contributed by atoms with Gasteiger partial charge in [0, 0.05) is 6.61 Å². The Morgan fingerprint density at radius 1 is 1.31 bits per heavy atom. The van der Waals surface area contributed by atoms with Crippen LogP contribution in [-0.4, -0.2) is 22.8 Å². The van der Waals surface area contributed by atoms with Crippen LogP contribution < -0.4 is 0 Å². The molecule has 0 aliphatic rings. The van der Waals surface area contributed by atoms with E-state index >= 15 is 0 Å². The third kappa shape index (κ3) is 4.98. The van der Waals surface area contributed by atoms with E-state index in [0.29, 0.717) is 5.56 Å². The molecule has 0 saturated heterocycles. The van der Waals surface area contributed by atoms with Crippen LogP contribution in [0.4, 0.5) is 0 Å². The van der Waals surface area contributed by atoms with Crippen molar-refractivity contribution < 1.29 is 15.0 Å². The Morgan fingerprint density at radius 2 is 1.69 bits per heavy atom. The minimum absolute atomic E-state index is 0.250. The van der Waals surface area contributed by atoms with Gasteiger partial charge in [-0.2, -0.15) is 0 Å². The molecule has 0 aliphatic carbocycles. The average Bonchev–Trinajstić information content (AvgIpc) is 2.06. The maximum absolute atomic E-state index is 10.3. The van der Waals surface area contributed by atoms with Crippen LogP contribution in [0.3, 0.4) is 0 Å². The van der Waals surface area contributed by atoms with Crippen LogP contribution in [0.2, 0.25) is 0 Å². The standard InChI is InChI=1S/C8H8O2.C2H6O/c1-6-2-4-7(5-3-6)8(9)10;1-2-3/h2-5H,1H3,(H,9,10);3H,2H2,1H3. The van der Waals surface area contributed by atoms with Gasteiger partial charge in [-0.1, -0.05) is 17.7 Å². The largest absolute Gasteiger partial charge is 0.478 e. The van der Waals surface area contributed by atoms with E-state index in [1.54, 1.807) is 31.2 Å². The second-order valence-electron chi connectivity index (χ2n) is 2.49. The highest BCUT2D eigenvalue weighted by atomic mass is 16.4. The van der Waals surface area contributed by atoms with Crippen LogP contribution in [0.15, 0.2) is 24.3 Å². The molecule has 0 unspecified atom stereocenters. The lowest BCUT2D eigenvalue weighted by Crippen LogP contribution is -1.94. The third-order valence-electron chi connectivity index (χ3n) is 1.30. The molecule has 0 bridgehead atoms. The van der Waals surface area contributed by atoms with E-state index in [1.165, 1.54) is 0 Å². The fourth-order valence-corrected chi connectivity index (χ4v) is 0.696. The molecule has 13 heavy (non-hydrogen) atoms. The summed E-state index contributed by atoms with van der Waals surface area (Å²) < 4.78 is 0. The van der Waals surface area contributed by atoms with Gasteiger partial charge < -0.3 is 10.2 Å². The summed E-state index contributed by atoms with van der Waals surface area (Å²) in [5, 5.41) is 16.0. The van der Waals surface area contributed by atoms with Gasteiger partial charge in [0.1, 0.15) is 0 Å². The molecule has 3 nitrogen and oxygen atoms in total. The number of aryl methyl sites for hydroxylation is 1. The molecule has 3 heteroatoms. The molecule has 2 N–H and O–H groups in total. The molecule has 0 aromatic heterocycles. The van der Waals surface area contributed by atoms with E-state index in [0.717, 1.165) is 5.56 Å². The highest BCUT2D eigenvalue weighted by Crippen LogP contribution is 2.01. The van der Waals surface area contributed by atoms with Crippen LogP contribution in [0.1, 0.15) is 22.8 Å². The van der Waals surface area contributed by atoms with Crippen LogP contribution in [-0.2, 0) is 0 Å². The van der Waals surface area contributed by atoms with Crippen molar-refractivity contribution in [2.45, 2.75) is 13.8 Å². The summed E-state index contributed by atoms with van der Waals surface area (Å²) in [4.78, 5) is 10.3. The normalized spacial score (nSPS) is 8.54. The van der Waals surface area contributed by atoms with E-state index in [2.05, 4.69) is 0 Å². The van der Waals surface area contributed by atoms with E-state index in [4.69, 9.17) is 10.2 Å². The summed E-state index contributed by atoms with van der Waals surface area (Å²) in [7, 11) is 0. The maximum Gasteiger partial charge on any atom is 0.335 e. The highest BCUT2D eigenvalue weighted by Gasteiger charge is 1.98. The molecule has 0 atom stereocenters. The van der Waals surface area contributed by atoms with Crippen LogP contribution in [0.25, 0.3) is 0 Å². The molecule has 0 amide bonds. The third-order valence-corrected chi connectivity index (χ3v) is 1.30. The Hall–Kier alpha value is -1.35. The zero-order valence-electron chi connectivity index (χ0n) is 7.82. The quantitative estimate of drug-likeness (QED) is 0.694. The Morgan fingerprint density at radius 3 is 2.00 bits per heavy atom. The molecular formula is C10H14O3. The van der Waals surface area contributed by atoms with Gasteiger partial charge in [0.05, 0.1) is 5.56 Å². The van der Waals surface area contributed by atoms with Crippen molar-refractivity contribution in [1.29, 1.82) is 0 Å². The predicted octanol–water partition coefficient (Wildman–Crippen LogP) is 1.69. The predicted molar refractivity (Wildman–Crippen MR) is 50.9 cm³/mol. The van der Waals surface area contributed by atoms with Crippen LogP contribution in [0, 0.1) is 6.92 Å². The maximum atomic E-state index is 10.3. The molecule has 0 spiro atoms. The summed E-state index contributed by atoms with van der Waals surface area (Å²) in [5.41, 5.74) is 1.41. The van der Waals surface area contributed by atoms with E-state index in [9.17, 15) is 4.79 Å². The molecule has 0 heterocycles. The number of hydrogen-bond donors (Lipinski definition) is 2. The van der Waals surface area contributed by atoms with Crippen molar-refractivity contribution in [3.05, 3.63) is 35.4 Å². The van der Waals surface area contributed by atoms with Crippen molar-refractivity contribution in [3.63, 3.8) is 0 Å². The van der Waals surface area contributed by atoms with E-state index < -0.39 is 5.97 Å². The van der Waals surface area contributed by atoms with E-state index in [-0.39, 0.29) is 6.61 Å². The summed E-state index contributed by atoms with van der Waals surface area (Å²) in [6.45, 7) is 3.85. The van der Waals surface area contributed by atoms with Crippen molar-refractivity contribution in [2.75, 3.05) is 6.61 Å². The average molecular weight is 182 g/mol. The smallest absolute Gasteiger partial charge is 0.335 e. The number of aliphatic hydroxyl groups is 1. The first kappa shape index (κ1) is 11.6. The van der Waals surface area contributed by atoms with Gasteiger partial charge in [-0.15, -0.1) is 0 Å². The fourth-order valence-electron chi connectivity index (χ4n) is 0.696. The van der Waals surface area contributed by atoms with Gasteiger partial charge in [0.25, 0.3) is 0 Å². The lowest BCUT2D eigenvalue weighted by molar-refractivity contribution is 0.0697. The summed E-state index contributed by atoms with van der Waals surface area (Å²) in [6, 6.07) is 6.75. The topological polar surface area (TPSA) is 57.5 Å². The molecule has 0 radical (unpaired) electrons. The molecule has 1 aromatic rings. The Bertz CT molecular complexity index is 251. The van der Waals surface area contributed by atoms with Crippen LogP contribution >= 0.6 is 0 Å². The Kier molecular flexibility index (Phi) is 5.55. The van der Waals surface area contributed by atoms with Gasteiger partial charge >= 0.3 is 5.97 Å². The SMILES string of the molecule is CCO.Cc1ccc(C(=O)O)cc1. The molecule has 0 fully saturated rings. The molecule has 1 rings (SSSR count). The van der Waals surface area contributed by atoms with Crippen molar-refractivity contribution in [3.8, 4) is 0 Å². The number of aliphatic hydroxyl groups excluding tert-OH is 1. The van der Waals surface area contributed by atoms with Crippen LogP contribution in [0.5, 0.6) is 0 Å². The number of aromatic carboxylic acids is 1. The number of carboxylic acids is 1. The fraction of sp³-hybridized carbons (Fsp3) is 0.300. The zero-order valence-corrected chi connectivity index (χ0v) is 7.82. The summed E-state index contributed by atoms with van der Waals surface area (Å²) >= 11 is 0. The number of rotatable bonds is 1.